The molecule has 17 heavy (non-hydrogen) atoms. The van der Waals surface area contributed by atoms with Gasteiger partial charge in [-0.2, -0.15) is 0 Å². The first-order valence-electron chi connectivity index (χ1n) is 5.03. The summed E-state index contributed by atoms with van der Waals surface area (Å²) in [5.41, 5.74) is 2.48. The van der Waals surface area contributed by atoms with Crippen LogP contribution in [0.15, 0.2) is 30.6 Å². The summed E-state index contributed by atoms with van der Waals surface area (Å²) in [5, 5.41) is 9.10. The lowest BCUT2D eigenvalue weighted by Gasteiger charge is -2.08. The lowest BCUT2D eigenvalue weighted by Crippen LogP contribution is -2.00. The molecule has 0 radical (unpaired) electrons. The van der Waals surface area contributed by atoms with E-state index < -0.39 is 7.69 Å². The number of halogens is 1. The molecule has 0 saturated carbocycles. The van der Waals surface area contributed by atoms with Crippen molar-refractivity contribution in [3.63, 3.8) is 0 Å². The lowest BCUT2D eigenvalue weighted by atomic mass is 10.1. The van der Waals surface area contributed by atoms with Crippen LogP contribution in [0, 0.1) is 6.92 Å². The highest BCUT2D eigenvalue weighted by Crippen LogP contribution is 2.30. The normalized spacial score (nSPS) is 10.1. The number of rotatable bonds is 3. The Morgan fingerprint density at radius 3 is 2.71 bits per heavy atom. The van der Waals surface area contributed by atoms with E-state index in [0.717, 1.165) is 17.0 Å². The van der Waals surface area contributed by atoms with Gasteiger partial charge in [-0.05, 0) is 25.1 Å². The Bertz CT molecular complexity index is 537. The van der Waals surface area contributed by atoms with Crippen molar-refractivity contribution < 1.29 is 9.68 Å². The van der Waals surface area contributed by atoms with E-state index in [4.69, 9.17) is 21.3 Å². The zero-order valence-electron chi connectivity index (χ0n) is 9.22. The molecule has 0 bridgehead atoms. The van der Waals surface area contributed by atoms with Crippen LogP contribution in [-0.2, 0) is 0 Å². The average Bonchev–Trinajstić information content (AvgIpc) is 2.33. The summed E-state index contributed by atoms with van der Waals surface area (Å²) in [7, 11) is -0.400. The lowest BCUT2D eigenvalue weighted by molar-refractivity contribution is 0.454. The predicted molar refractivity (Wildman–Crippen MR) is 67.2 cm³/mol. The van der Waals surface area contributed by atoms with E-state index in [1.807, 2.05) is 13.0 Å². The minimum absolute atomic E-state index is 0.400. The van der Waals surface area contributed by atoms with Gasteiger partial charge in [-0.25, -0.2) is 0 Å². The third-order valence-electron chi connectivity index (χ3n) is 2.31. The molecule has 6 heteroatoms. The molecule has 0 spiro atoms. The number of hydrogen-bond donors (Lipinski definition) is 1. The van der Waals surface area contributed by atoms with Gasteiger partial charge in [-0.1, -0.05) is 11.6 Å². The molecule has 4 nitrogen and oxygen atoms in total. The van der Waals surface area contributed by atoms with Gasteiger partial charge < -0.3 is 9.68 Å². The molecule has 0 aliphatic rings. The van der Waals surface area contributed by atoms with E-state index in [0.29, 0.717) is 10.8 Å². The molecule has 86 valence electrons. The maximum atomic E-state index is 8.67. The molecule has 0 aliphatic carbocycles. The summed E-state index contributed by atoms with van der Waals surface area (Å²) < 4.78 is 4.95. The van der Waals surface area contributed by atoms with E-state index >= 15 is 0 Å². The fraction of sp³-hybridized carbons (Fsp3) is 0.0909. The summed E-state index contributed by atoms with van der Waals surface area (Å²) in [6.07, 6.45) is 3.28. The summed E-state index contributed by atoms with van der Waals surface area (Å²) in [6.45, 7) is 1.88. The first kappa shape index (κ1) is 11.9. The van der Waals surface area contributed by atoms with Crippen LogP contribution in [0.3, 0.4) is 0 Å². The van der Waals surface area contributed by atoms with E-state index in [1.165, 1.54) is 0 Å². The van der Waals surface area contributed by atoms with Crippen molar-refractivity contribution in [1.82, 2.24) is 9.97 Å². The van der Waals surface area contributed by atoms with Gasteiger partial charge >= 0.3 is 7.69 Å². The van der Waals surface area contributed by atoms with Crippen molar-refractivity contribution in [2.45, 2.75) is 6.92 Å². The van der Waals surface area contributed by atoms with Crippen molar-refractivity contribution >= 4 is 19.3 Å². The Hall–Kier alpha value is -1.59. The fourth-order valence-electron chi connectivity index (χ4n) is 1.53. The van der Waals surface area contributed by atoms with Gasteiger partial charge in [0, 0.05) is 18.0 Å². The van der Waals surface area contributed by atoms with Crippen molar-refractivity contribution in [2.75, 3.05) is 0 Å². The first-order chi connectivity index (χ1) is 8.22. The fourth-order valence-corrected chi connectivity index (χ4v) is 1.76. The maximum absolute atomic E-state index is 8.67. The quantitative estimate of drug-likeness (QED) is 0.841. The van der Waals surface area contributed by atoms with Crippen LogP contribution in [0.4, 0.5) is 0 Å². The van der Waals surface area contributed by atoms with E-state index in [1.54, 1.807) is 24.5 Å². The Labute approximate surface area is 105 Å². The van der Waals surface area contributed by atoms with Gasteiger partial charge in [0.25, 0.3) is 0 Å². The molecule has 1 aromatic carbocycles. The highest BCUT2D eigenvalue weighted by molar-refractivity contribution is 6.33. The highest BCUT2D eigenvalue weighted by atomic mass is 35.5. The first-order valence-corrected chi connectivity index (χ1v) is 5.41. The minimum Gasteiger partial charge on any atom is -0.538 e. The third kappa shape index (κ3) is 2.57. The summed E-state index contributed by atoms with van der Waals surface area (Å²) in [4.78, 5) is 8.42. The number of aryl methyl sites for hydroxylation is 1. The average molecular weight is 248 g/mol. The monoisotopic (exact) mass is 248 g/mol. The van der Waals surface area contributed by atoms with E-state index in [2.05, 4.69) is 9.97 Å². The van der Waals surface area contributed by atoms with Gasteiger partial charge in [-0.15, -0.1) is 0 Å². The van der Waals surface area contributed by atoms with Crippen LogP contribution >= 0.6 is 11.6 Å². The molecule has 1 N–H and O–H groups in total. The predicted octanol–water partition coefficient (Wildman–Crippen LogP) is 1.74. The maximum Gasteiger partial charge on any atom is 0.504 e. The Balaban J connectivity index is 2.41. The standard InChI is InChI=1S/C11H10BClN2O2/c1-7-11(15-5-4-14-7)8-2-3-10(17-12-16)9(13)6-8/h2-6,12,16H,1H3. The smallest absolute Gasteiger partial charge is 0.504 e. The van der Waals surface area contributed by atoms with Crippen LogP contribution in [0.1, 0.15) is 5.69 Å². The SMILES string of the molecule is Cc1nccnc1-c1ccc(OBO)c(Cl)c1. The number of benzene rings is 1. The van der Waals surface area contributed by atoms with Crippen molar-refractivity contribution in [2.24, 2.45) is 0 Å². The largest absolute Gasteiger partial charge is 0.538 e. The molecule has 0 aliphatic heterocycles. The van der Waals surface area contributed by atoms with Crippen molar-refractivity contribution in [3.05, 3.63) is 41.3 Å². The summed E-state index contributed by atoms with van der Waals surface area (Å²) >= 11 is 6.03. The number of hydrogen-bond acceptors (Lipinski definition) is 4. The van der Waals surface area contributed by atoms with E-state index in [-0.39, 0.29) is 0 Å². The Morgan fingerprint density at radius 2 is 2.06 bits per heavy atom. The molecule has 0 fully saturated rings. The molecular weight excluding hydrogens is 238 g/mol. The summed E-state index contributed by atoms with van der Waals surface area (Å²) in [6, 6.07) is 5.26. The van der Waals surface area contributed by atoms with Crippen LogP contribution < -0.4 is 4.65 Å². The molecule has 2 aromatic rings. The van der Waals surface area contributed by atoms with Crippen LogP contribution in [0.2, 0.25) is 5.02 Å². The van der Waals surface area contributed by atoms with Gasteiger partial charge in [0.05, 0.1) is 16.4 Å². The van der Waals surface area contributed by atoms with Crippen LogP contribution in [-0.4, -0.2) is 22.7 Å². The van der Waals surface area contributed by atoms with Crippen molar-refractivity contribution in [1.29, 1.82) is 0 Å². The molecule has 1 heterocycles. The van der Waals surface area contributed by atoms with Crippen LogP contribution in [0.25, 0.3) is 11.3 Å². The molecule has 0 saturated heterocycles. The molecule has 1 aromatic heterocycles. The highest BCUT2D eigenvalue weighted by Gasteiger charge is 2.08. The van der Waals surface area contributed by atoms with Gasteiger partial charge in [0.2, 0.25) is 0 Å². The van der Waals surface area contributed by atoms with Crippen LogP contribution in [0.5, 0.6) is 5.75 Å². The third-order valence-corrected chi connectivity index (χ3v) is 2.60. The number of nitrogens with zero attached hydrogens (tertiary/aromatic N) is 2. The number of aromatic nitrogens is 2. The van der Waals surface area contributed by atoms with Gasteiger partial charge in [0.15, 0.2) is 0 Å². The zero-order valence-corrected chi connectivity index (χ0v) is 9.98. The second kappa shape index (κ2) is 5.16. The molecule has 0 atom stereocenters. The Morgan fingerprint density at radius 1 is 1.29 bits per heavy atom. The van der Waals surface area contributed by atoms with Gasteiger partial charge in [0.1, 0.15) is 5.75 Å². The van der Waals surface area contributed by atoms with Crippen molar-refractivity contribution in [3.8, 4) is 17.0 Å². The zero-order chi connectivity index (χ0) is 12.3. The summed E-state index contributed by atoms with van der Waals surface area (Å²) in [5.74, 6) is 0.444. The van der Waals surface area contributed by atoms with E-state index in [9.17, 15) is 0 Å². The van der Waals surface area contributed by atoms with Gasteiger partial charge in [-0.3, -0.25) is 9.97 Å². The topological polar surface area (TPSA) is 55.2 Å². The molecule has 0 amide bonds. The molecule has 0 unspecified atom stereocenters. The molecule has 2 rings (SSSR count). The second-order valence-electron chi connectivity index (χ2n) is 3.41. The molecular formula is C11H10BClN2O2. The Kier molecular flexibility index (Phi) is 3.61. The minimum atomic E-state index is -0.400. The second-order valence-corrected chi connectivity index (χ2v) is 3.82.